The topological polar surface area (TPSA) is 75.7 Å². The Balaban J connectivity index is 1.27. The second kappa shape index (κ2) is 11.2. The number of aliphatic imine (C=N–C) groups is 1. The van der Waals surface area contributed by atoms with Crippen LogP contribution in [0.4, 0.5) is 0 Å². The van der Waals surface area contributed by atoms with E-state index < -0.39 is 0 Å². The Bertz CT molecular complexity index is 1000. The summed E-state index contributed by atoms with van der Waals surface area (Å²) >= 11 is 0. The maximum atomic E-state index is 9.66. The molecule has 1 fully saturated rings. The van der Waals surface area contributed by atoms with Gasteiger partial charge in [-0.05, 0) is 48.9 Å². The van der Waals surface area contributed by atoms with Gasteiger partial charge >= 0.3 is 0 Å². The zero-order valence-electron chi connectivity index (χ0n) is 19.0. The molecule has 3 aromatic rings. The second-order valence-electron chi connectivity index (χ2n) is 8.56. The zero-order chi connectivity index (χ0) is 22.2. The van der Waals surface area contributed by atoms with E-state index in [1.807, 2.05) is 0 Å². The van der Waals surface area contributed by atoms with Gasteiger partial charge in [-0.15, -0.1) is 0 Å². The Labute approximate surface area is 190 Å². The molecule has 170 valence electrons. The van der Waals surface area contributed by atoms with Crippen LogP contribution in [0.25, 0.3) is 10.9 Å². The molecular weight excluding hydrogens is 398 g/mol. The number of hydrogen-bond acceptors (Lipinski definition) is 3. The first-order valence-corrected chi connectivity index (χ1v) is 11.8. The van der Waals surface area contributed by atoms with Gasteiger partial charge in [0.05, 0.1) is 12.6 Å². The third-order valence-electron chi connectivity index (χ3n) is 6.11. The lowest BCUT2D eigenvalue weighted by molar-refractivity contribution is 0.0792. The molecule has 0 unspecified atom stereocenters. The van der Waals surface area contributed by atoms with E-state index in [4.69, 9.17) is 4.99 Å². The number of rotatable bonds is 8. The molecule has 1 aliphatic heterocycles. The predicted octanol–water partition coefficient (Wildman–Crippen LogP) is 3.42. The minimum absolute atomic E-state index is 0.117. The molecule has 4 rings (SSSR count). The first-order chi connectivity index (χ1) is 15.7. The summed E-state index contributed by atoms with van der Waals surface area (Å²) in [5, 5.41) is 17.8. The van der Waals surface area contributed by atoms with Crippen molar-refractivity contribution in [2.24, 2.45) is 4.99 Å². The van der Waals surface area contributed by atoms with Crippen molar-refractivity contribution in [3.05, 3.63) is 71.4 Å². The lowest BCUT2D eigenvalue weighted by atomic mass is 10.1. The Morgan fingerprint density at radius 3 is 2.59 bits per heavy atom. The number of piperidine rings is 1. The fraction of sp³-hybridized carbons (Fsp3) is 0.423. The van der Waals surface area contributed by atoms with Crippen LogP contribution in [0, 0.1) is 0 Å². The predicted molar refractivity (Wildman–Crippen MR) is 132 cm³/mol. The van der Waals surface area contributed by atoms with E-state index in [0.29, 0.717) is 6.54 Å². The molecule has 0 aliphatic carbocycles. The van der Waals surface area contributed by atoms with E-state index >= 15 is 0 Å². The van der Waals surface area contributed by atoms with Gasteiger partial charge in [-0.2, -0.15) is 0 Å². The second-order valence-corrected chi connectivity index (χ2v) is 8.56. The van der Waals surface area contributed by atoms with Crippen LogP contribution in [0.2, 0.25) is 0 Å². The summed E-state index contributed by atoms with van der Waals surface area (Å²) in [4.78, 5) is 10.5. The number of guanidine groups is 1. The number of aliphatic hydroxyl groups is 1. The molecule has 0 amide bonds. The summed E-state index contributed by atoms with van der Waals surface area (Å²) in [5.74, 6) is 0.850. The van der Waals surface area contributed by atoms with Gasteiger partial charge in [0.15, 0.2) is 5.96 Å². The van der Waals surface area contributed by atoms with Crippen molar-refractivity contribution in [3.63, 3.8) is 0 Å². The number of aromatic amines is 1. The highest BCUT2D eigenvalue weighted by Gasteiger charge is 2.16. The molecule has 1 aromatic heterocycles. The van der Waals surface area contributed by atoms with Crippen molar-refractivity contribution in [2.75, 3.05) is 26.2 Å². The molecule has 0 atom stereocenters. The number of para-hydroxylation sites is 1. The molecule has 1 aliphatic rings. The smallest absolute Gasteiger partial charge is 0.191 e. The number of aliphatic hydroxyl groups excluding tert-OH is 1. The van der Waals surface area contributed by atoms with Gasteiger partial charge in [0.2, 0.25) is 0 Å². The summed E-state index contributed by atoms with van der Waals surface area (Å²) in [6, 6.07) is 17.2. The third-order valence-corrected chi connectivity index (χ3v) is 6.11. The zero-order valence-corrected chi connectivity index (χ0v) is 19.0. The number of hydrogen-bond donors (Lipinski definition) is 4. The minimum Gasteiger partial charge on any atom is -0.393 e. The Morgan fingerprint density at radius 1 is 1.06 bits per heavy atom. The number of nitrogens with zero attached hydrogens (tertiary/aromatic N) is 2. The summed E-state index contributed by atoms with van der Waals surface area (Å²) in [6.07, 6.45) is 4.69. The highest BCUT2D eigenvalue weighted by molar-refractivity contribution is 5.83. The monoisotopic (exact) mass is 433 g/mol. The molecule has 2 heterocycles. The van der Waals surface area contributed by atoms with Gasteiger partial charge in [-0.1, -0.05) is 42.5 Å². The molecule has 2 aromatic carbocycles. The first kappa shape index (κ1) is 22.4. The van der Waals surface area contributed by atoms with Crippen molar-refractivity contribution < 1.29 is 5.11 Å². The highest BCUT2D eigenvalue weighted by Crippen LogP contribution is 2.18. The molecule has 6 heteroatoms. The summed E-state index contributed by atoms with van der Waals surface area (Å²) in [5.41, 5.74) is 5.03. The maximum absolute atomic E-state index is 9.66. The molecule has 4 N–H and O–H groups in total. The van der Waals surface area contributed by atoms with E-state index in [2.05, 4.69) is 82.2 Å². The lowest BCUT2D eigenvalue weighted by Crippen LogP contribution is -2.38. The molecule has 0 spiro atoms. The number of H-pyrrole nitrogens is 1. The maximum Gasteiger partial charge on any atom is 0.191 e. The van der Waals surface area contributed by atoms with Gasteiger partial charge in [-0.3, -0.25) is 4.90 Å². The van der Waals surface area contributed by atoms with E-state index in [1.54, 1.807) is 0 Å². The number of aromatic nitrogens is 1. The normalized spacial score (nSPS) is 15.9. The van der Waals surface area contributed by atoms with Gasteiger partial charge in [0, 0.05) is 49.8 Å². The average molecular weight is 434 g/mol. The third kappa shape index (κ3) is 6.11. The molecule has 6 nitrogen and oxygen atoms in total. The molecule has 0 bridgehead atoms. The molecule has 0 saturated carbocycles. The SMILES string of the molecule is CCNC(=NCc1ccc(CN2CCC(O)CC2)cc1)NCCc1c[nH]c2ccccc12. The highest BCUT2D eigenvalue weighted by atomic mass is 16.3. The Kier molecular flexibility index (Phi) is 7.80. The van der Waals surface area contributed by atoms with Gasteiger partial charge < -0.3 is 20.7 Å². The minimum atomic E-state index is -0.117. The Hall–Kier alpha value is -2.83. The van der Waals surface area contributed by atoms with E-state index in [1.165, 1.54) is 27.6 Å². The Morgan fingerprint density at radius 2 is 1.81 bits per heavy atom. The first-order valence-electron chi connectivity index (χ1n) is 11.8. The standard InChI is InChI=1S/C26H35N5O/c1-2-27-26(28-14-11-22-18-29-25-6-4-3-5-24(22)25)30-17-20-7-9-21(10-8-20)19-31-15-12-23(32)13-16-31/h3-10,18,23,29,32H,2,11-17,19H2,1H3,(H2,27,28,30). The fourth-order valence-electron chi connectivity index (χ4n) is 4.25. The molecule has 32 heavy (non-hydrogen) atoms. The fourth-order valence-corrected chi connectivity index (χ4v) is 4.25. The largest absolute Gasteiger partial charge is 0.393 e. The van der Waals surface area contributed by atoms with Crippen LogP contribution < -0.4 is 10.6 Å². The van der Waals surface area contributed by atoms with Crippen LogP contribution in [0.5, 0.6) is 0 Å². The summed E-state index contributed by atoms with van der Waals surface area (Å²) in [7, 11) is 0. The van der Waals surface area contributed by atoms with Gasteiger partial charge in [0.1, 0.15) is 0 Å². The van der Waals surface area contributed by atoms with Crippen LogP contribution in [-0.4, -0.2) is 53.2 Å². The number of nitrogens with one attached hydrogen (secondary N) is 3. The molecule has 1 saturated heterocycles. The van der Waals surface area contributed by atoms with Crippen molar-refractivity contribution in [3.8, 4) is 0 Å². The van der Waals surface area contributed by atoms with Crippen molar-refractivity contribution >= 4 is 16.9 Å². The number of likely N-dealkylation sites (tertiary alicyclic amines) is 1. The van der Waals surface area contributed by atoms with Crippen molar-refractivity contribution in [2.45, 2.75) is 45.4 Å². The van der Waals surface area contributed by atoms with Crippen LogP contribution in [0.3, 0.4) is 0 Å². The molecule has 0 radical (unpaired) electrons. The summed E-state index contributed by atoms with van der Waals surface area (Å²) in [6.45, 7) is 7.31. The van der Waals surface area contributed by atoms with E-state index in [9.17, 15) is 5.11 Å². The van der Waals surface area contributed by atoms with E-state index in [0.717, 1.165) is 57.9 Å². The van der Waals surface area contributed by atoms with Crippen LogP contribution in [0.15, 0.2) is 59.7 Å². The summed E-state index contributed by atoms with van der Waals surface area (Å²) < 4.78 is 0. The van der Waals surface area contributed by atoms with E-state index in [-0.39, 0.29) is 6.10 Å². The van der Waals surface area contributed by atoms with Crippen molar-refractivity contribution in [1.82, 2.24) is 20.5 Å². The number of benzene rings is 2. The average Bonchev–Trinajstić information content (AvgIpc) is 3.23. The molecular formula is C26H35N5O. The quantitative estimate of drug-likeness (QED) is 0.324. The van der Waals surface area contributed by atoms with Crippen LogP contribution in [0.1, 0.15) is 36.5 Å². The van der Waals surface area contributed by atoms with Gasteiger partial charge in [-0.25, -0.2) is 4.99 Å². The van der Waals surface area contributed by atoms with Crippen LogP contribution >= 0.6 is 0 Å². The lowest BCUT2D eigenvalue weighted by Gasteiger charge is -2.29. The number of fused-ring (bicyclic) bond motifs is 1. The van der Waals surface area contributed by atoms with Gasteiger partial charge in [0.25, 0.3) is 0 Å². The van der Waals surface area contributed by atoms with Crippen molar-refractivity contribution in [1.29, 1.82) is 0 Å². The van der Waals surface area contributed by atoms with Crippen LogP contribution in [-0.2, 0) is 19.5 Å².